The predicted octanol–water partition coefficient (Wildman–Crippen LogP) is 14.0. The number of rotatable bonds is 6. The van der Waals surface area contributed by atoms with Gasteiger partial charge in [-0.2, -0.15) is 0 Å². The van der Waals surface area contributed by atoms with E-state index in [-0.39, 0.29) is 10.8 Å². The molecule has 1 heteroatoms. The highest BCUT2D eigenvalue weighted by molar-refractivity contribution is 5.92. The molecule has 7 aromatic carbocycles. The molecule has 2 aliphatic carbocycles. The minimum Gasteiger partial charge on any atom is -0.310 e. The Morgan fingerprint density at radius 1 is 0.396 bits per heavy atom. The van der Waals surface area contributed by atoms with Crippen molar-refractivity contribution in [2.75, 3.05) is 4.90 Å². The summed E-state index contributed by atoms with van der Waals surface area (Å²) in [5.74, 6) is 0. The van der Waals surface area contributed by atoms with Crippen molar-refractivity contribution in [3.05, 3.63) is 197 Å². The normalized spacial score (nSPS) is 15.2. The second-order valence-electron chi connectivity index (χ2n) is 16.0. The van der Waals surface area contributed by atoms with Crippen molar-refractivity contribution in [1.82, 2.24) is 0 Å². The van der Waals surface area contributed by atoms with Crippen LogP contribution in [0.3, 0.4) is 0 Å². The van der Waals surface area contributed by atoms with Gasteiger partial charge in [-0.25, -0.2) is 0 Å². The van der Waals surface area contributed by atoms with Gasteiger partial charge in [0.25, 0.3) is 0 Å². The van der Waals surface area contributed by atoms with Crippen LogP contribution in [0, 0.1) is 0 Å². The lowest BCUT2D eigenvalue weighted by molar-refractivity contribution is 0.521. The Labute approximate surface area is 315 Å². The molecule has 0 N–H and O–H groups in total. The molecule has 0 fully saturated rings. The Morgan fingerprint density at radius 3 is 1.42 bits per heavy atom. The third-order valence-corrected chi connectivity index (χ3v) is 12.1. The summed E-state index contributed by atoms with van der Waals surface area (Å²) in [4.78, 5) is 2.52. The molecule has 0 aromatic heterocycles. The molecule has 0 unspecified atom stereocenters. The maximum absolute atomic E-state index is 2.58. The largest absolute Gasteiger partial charge is 0.310 e. The van der Waals surface area contributed by atoms with E-state index in [0.29, 0.717) is 0 Å². The van der Waals surface area contributed by atoms with Gasteiger partial charge < -0.3 is 4.90 Å². The van der Waals surface area contributed by atoms with Crippen molar-refractivity contribution in [2.45, 2.75) is 64.2 Å². The highest BCUT2D eigenvalue weighted by Gasteiger charge is 2.42. The Bertz CT molecular complexity index is 2330. The first-order valence-electron chi connectivity index (χ1n) is 19.3. The van der Waals surface area contributed by atoms with Crippen LogP contribution in [0.15, 0.2) is 164 Å². The molecule has 0 saturated heterocycles. The van der Waals surface area contributed by atoms with Gasteiger partial charge in [-0.1, -0.05) is 155 Å². The molecule has 0 radical (unpaired) electrons. The zero-order valence-corrected chi connectivity index (χ0v) is 31.4. The number of nitrogens with zero attached hydrogens (tertiary/aromatic N) is 1. The van der Waals surface area contributed by atoms with Gasteiger partial charge in [0.15, 0.2) is 0 Å². The minimum absolute atomic E-state index is 0.150. The average Bonchev–Trinajstić information content (AvgIpc) is 3.21. The Kier molecular flexibility index (Phi) is 8.19. The molecule has 0 amide bonds. The lowest BCUT2D eigenvalue weighted by atomic mass is 9.59. The van der Waals surface area contributed by atoms with E-state index in [2.05, 4.69) is 196 Å². The molecule has 2 aliphatic rings. The van der Waals surface area contributed by atoms with Crippen molar-refractivity contribution in [1.29, 1.82) is 0 Å². The van der Waals surface area contributed by atoms with Gasteiger partial charge in [0.1, 0.15) is 0 Å². The van der Waals surface area contributed by atoms with E-state index in [9.17, 15) is 0 Å². The molecule has 0 saturated carbocycles. The zero-order valence-electron chi connectivity index (χ0n) is 31.4. The van der Waals surface area contributed by atoms with Gasteiger partial charge in [0.05, 0.1) is 5.69 Å². The summed E-state index contributed by atoms with van der Waals surface area (Å²) >= 11 is 0. The monoisotopic (exact) mass is 685 g/mol. The smallest absolute Gasteiger partial charge is 0.0543 e. The maximum atomic E-state index is 2.58. The third kappa shape index (κ3) is 5.71. The lowest BCUT2D eigenvalue weighted by Gasteiger charge is -2.45. The van der Waals surface area contributed by atoms with E-state index in [1.807, 2.05) is 0 Å². The number of anilines is 3. The SMILES string of the molecule is CC1(C)c2ccccc2C(C)(C)c2cc(N(c3ccc(-c4ccccc4)cc3)c3ccc(-c4ccccc4)cc3)c(-c3cccc4c3CCCC4)cc21. The fraction of sp³-hybridized carbons (Fsp3) is 0.192. The number of fused-ring (bicyclic) bond motifs is 3. The minimum atomic E-state index is -0.176. The van der Waals surface area contributed by atoms with E-state index < -0.39 is 0 Å². The molecule has 0 atom stereocenters. The molecule has 0 bridgehead atoms. The fourth-order valence-electron chi connectivity index (χ4n) is 9.21. The van der Waals surface area contributed by atoms with Crippen LogP contribution in [0.1, 0.15) is 73.9 Å². The summed E-state index contributed by atoms with van der Waals surface area (Å²) in [6.07, 6.45) is 4.78. The third-order valence-electron chi connectivity index (χ3n) is 12.1. The topological polar surface area (TPSA) is 3.24 Å². The van der Waals surface area contributed by atoms with Gasteiger partial charge in [-0.05, 0) is 123 Å². The van der Waals surface area contributed by atoms with Gasteiger partial charge in [0, 0.05) is 27.8 Å². The fourth-order valence-corrected chi connectivity index (χ4v) is 9.21. The first-order chi connectivity index (χ1) is 25.8. The predicted molar refractivity (Wildman–Crippen MR) is 225 cm³/mol. The summed E-state index contributed by atoms with van der Waals surface area (Å²) < 4.78 is 0. The van der Waals surface area contributed by atoms with Crippen molar-refractivity contribution >= 4 is 17.1 Å². The molecule has 7 aromatic rings. The molecule has 1 nitrogen and oxygen atoms in total. The molecular weight excluding hydrogens is 639 g/mol. The summed E-state index contributed by atoms with van der Waals surface area (Å²) in [6, 6.07) is 61.1. The number of hydrogen-bond acceptors (Lipinski definition) is 1. The van der Waals surface area contributed by atoms with Gasteiger partial charge in [-0.15, -0.1) is 0 Å². The lowest BCUT2D eigenvalue weighted by Crippen LogP contribution is -2.36. The maximum Gasteiger partial charge on any atom is 0.0543 e. The van der Waals surface area contributed by atoms with Crippen LogP contribution in [0.4, 0.5) is 17.1 Å². The van der Waals surface area contributed by atoms with Crippen LogP contribution < -0.4 is 4.90 Å². The van der Waals surface area contributed by atoms with E-state index in [1.165, 1.54) is 85.3 Å². The summed E-state index contributed by atoms with van der Waals surface area (Å²) in [5.41, 5.74) is 19.5. The van der Waals surface area contributed by atoms with Crippen molar-refractivity contribution in [2.24, 2.45) is 0 Å². The molecule has 0 heterocycles. The van der Waals surface area contributed by atoms with Crippen molar-refractivity contribution < 1.29 is 0 Å². The van der Waals surface area contributed by atoms with Crippen molar-refractivity contribution in [3.8, 4) is 33.4 Å². The van der Waals surface area contributed by atoms with Crippen LogP contribution in [-0.2, 0) is 23.7 Å². The highest BCUT2D eigenvalue weighted by atomic mass is 15.1. The second kappa shape index (κ2) is 13.1. The van der Waals surface area contributed by atoms with Gasteiger partial charge in [-0.3, -0.25) is 0 Å². The first kappa shape index (κ1) is 33.2. The molecule has 0 aliphatic heterocycles. The summed E-state index contributed by atoms with van der Waals surface area (Å²) in [7, 11) is 0. The zero-order chi connectivity index (χ0) is 36.2. The molecule has 9 rings (SSSR count). The quantitative estimate of drug-likeness (QED) is 0.168. The Balaban J connectivity index is 1.31. The summed E-state index contributed by atoms with van der Waals surface area (Å²) in [6.45, 7) is 9.68. The molecule has 0 spiro atoms. The Hall–Kier alpha value is -5.66. The average molecular weight is 686 g/mol. The van der Waals surface area contributed by atoms with E-state index in [4.69, 9.17) is 0 Å². The van der Waals surface area contributed by atoms with Crippen molar-refractivity contribution in [3.63, 3.8) is 0 Å². The van der Waals surface area contributed by atoms with Gasteiger partial charge >= 0.3 is 0 Å². The van der Waals surface area contributed by atoms with Crippen LogP contribution in [0.5, 0.6) is 0 Å². The highest BCUT2D eigenvalue weighted by Crippen LogP contribution is 2.54. The van der Waals surface area contributed by atoms with Crippen LogP contribution in [0.2, 0.25) is 0 Å². The number of aryl methyl sites for hydroxylation is 1. The Morgan fingerprint density at radius 2 is 0.868 bits per heavy atom. The van der Waals surface area contributed by atoms with Crippen LogP contribution in [-0.4, -0.2) is 0 Å². The molecule has 53 heavy (non-hydrogen) atoms. The molecule has 260 valence electrons. The van der Waals surface area contributed by atoms with Gasteiger partial charge in [0.2, 0.25) is 0 Å². The number of hydrogen-bond donors (Lipinski definition) is 0. The van der Waals surface area contributed by atoms with E-state index in [0.717, 1.165) is 24.2 Å². The van der Waals surface area contributed by atoms with Crippen LogP contribution >= 0.6 is 0 Å². The van der Waals surface area contributed by atoms with E-state index >= 15 is 0 Å². The number of benzene rings is 7. The second-order valence-corrected chi connectivity index (χ2v) is 16.0. The van der Waals surface area contributed by atoms with Crippen LogP contribution in [0.25, 0.3) is 33.4 Å². The van der Waals surface area contributed by atoms with E-state index in [1.54, 1.807) is 0 Å². The summed E-state index contributed by atoms with van der Waals surface area (Å²) in [5, 5.41) is 0. The first-order valence-corrected chi connectivity index (χ1v) is 19.3. The standard InChI is InChI=1S/C52H47N/c1-51(2)46-24-13-14-25-47(46)52(3,4)49-35-50(45(34-48(49)51)44-23-15-21-40-20-11-12-22-43(40)44)53(41-30-26-38(27-31-41)36-16-7-5-8-17-36)42-32-28-39(29-33-42)37-18-9-6-10-19-37/h5-10,13-19,21,23-35H,11-12,20,22H2,1-4H3. The molecular formula is C52H47N.